The SMILES string of the molecule is [B]c1ccc([S+]([O-])Cl)cc1C. The van der Waals surface area contributed by atoms with Crippen molar-refractivity contribution in [1.29, 1.82) is 0 Å². The second-order valence-electron chi connectivity index (χ2n) is 2.24. The van der Waals surface area contributed by atoms with E-state index in [1.165, 1.54) is 0 Å². The molecule has 1 aromatic rings. The molecule has 0 aromatic heterocycles. The lowest BCUT2D eigenvalue weighted by Gasteiger charge is -2.02. The summed E-state index contributed by atoms with van der Waals surface area (Å²) >= 11 is 0. The van der Waals surface area contributed by atoms with Gasteiger partial charge in [0.1, 0.15) is 18.2 Å². The van der Waals surface area contributed by atoms with Crippen molar-refractivity contribution in [1.82, 2.24) is 0 Å². The highest BCUT2D eigenvalue weighted by Gasteiger charge is 2.07. The number of halogens is 1. The zero-order chi connectivity index (χ0) is 8.43. The maximum Gasteiger partial charge on any atom is 0.181 e. The lowest BCUT2D eigenvalue weighted by atomic mass is 9.92. The van der Waals surface area contributed by atoms with Crippen molar-refractivity contribution in [3.8, 4) is 0 Å². The molecule has 0 saturated heterocycles. The zero-order valence-electron chi connectivity index (χ0n) is 6.00. The highest BCUT2D eigenvalue weighted by molar-refractivity contribution is 8.13. The molecule has 0 aliphatic heterocycles. The van der Waals surface area contributed by atoms with Crippen molar-refractivity contribution in [2.24, 2.45) is 0 Å². The van der Waals surface area contributed by atoms with Crippen LogP contribution in [0.5, 0.6) is 0 Å². The molecule has 1 nitrogen and oxygen atoms in total. The molecule has 1 unspecified atom stereocenters. The monoisotopic (exact) mass is 184 g/mol. The minimum absolute atomic E-state index is 0.596. The lowest BCUT2D eigenvalue weighted by Crippen LogP contribution is -2.07. The molecule has 56 valence electrons. The molecule has 2 radical (unpaired) electrons. The molecule has 0 aliphatic rings. The fourth-order valence-corrected chi connectivity index (χ4v) is 1.48. The summed E-state index contributed by atoms with van der Waals surface area (Å²) in [5.41, 5.74) is 1.59. The van der Waals surface area contributed by atoms with Crippen LogP contribution in [0.1, 0.15) is 5.56 Å². The van der Waals surface area contributed by atoms with E-state index >= 15 is 0 Å². The Kier molecular flexibility index (Phi) is 2.87. The molecule has 0 bridgehead atoms. The van der Waals surface area contributed by atoms with Gasteiger partial charge in [0.05, 0.1) is 0 Å². The summed E-state index contributed by atoms with van der Waals surface area (Å²) in [7, 11) is 9.47. The highest BCUT2D eigenvalue weighted by Crippen LogP contribution is 2.14. The van der Waals surface area contributed by atoms with Gasteiger partial charge in [0.2, 0.25) is 0 Å². The molecule has 0 saturated carbocycles. The zero-order valence-corrected chi connectivity index (χ0v) is 7.58. The fourth-order valence-electron chi connectivity index (χ4n) is 0.748. The first-order valence-corrected chi connectivity index (χ1v) is 5.03. The van der Waals surface area contributed by atoms with Crippen LogP contribution in [-0.4, -0.2) is 12.4 Å². The Morgan fingerprint density at radius 3 is 2.64 bits per heavy atom. The second kappa shape index (κ2) is 3.52. The van der Waals surface area contributed by atoms with E-state index in [1.807, 2.05) is 6.92 Å². The van der Waals surface area contributed by atoms with Crippen LogP contribution >= 0.6 is 10.7 Å². The van der Waals surface area contributed by atoms with E-state index < -0.39 is 10.4 Å². The summed E-state index contributed by atoms with van der Waals surface area (Å²) in [4.78, 5) is 0.596. The number of hydrogen-bond acceptors (Lipinski definition) is 1. The predicted molar refractivity (Wildman–Crippen MR) is 48.8 cm³/mol. The Balaban J connectivity index is 3.05. The first kappa shape index (κ1) is 8.98. The molecule has 1 rings (SSSR count). The van der Waals surface area contributed by atoms with Crippen LogP contribution in [0.4, 0.5) is 0 Å². The van der Waals surface area contributed by atoms with Crippen molar-refractivity contribution < 1.29 is 4.55 Å². The summed E-state index contributed by atoms with van der Waals surface area (Å²) < 4.78 is 10.7. The first-order chi connectivity index (χ1) is 5.11. The summed E-state index contributed by atoms with van der Waals surface area (Å²) in [6, 6.07) is 5.08. The van der Waals surface area contributed by atoms with E-state index in [2.05, 4.69) is 0 Å². The largest absolute Gasteiger partial charge is 0.594 e. The molecular formula is C7H6BClOS. The summed E-state index contributed by atoms with van der Waals surface area (Å²) in [6.07, 6.45) is 0. The van der Waals surface area contributed by atoms with Gasteiger partial charge in [-0.2, -0.15) is 0 Å². The van der Waals surface area contributed by atoms with E-state index in [9.17, 15) is 4.55 Å². The summed E-state index contributed by atoms with van der Waals surface area (Å²) in [6.45, 7) is 1.85. The third kappa shape index (κ3) is 2.16. The number of hydrogen-bond donors (Lipinski definition) is 0. The maximum atomic E-state index is 10.7. The molecule has 1 aromatic carbocycles. The van der Waals surface area contributed by atoms with Crippen LogP contribution in [0.2, 0.25) is 0 Å². The normalized spacial score (nSPS) is 13.0. The van der Waals surface area contributed by atoms with Gasteiger partial charge in [-0.15, -0.1) is 0 Å². The van der Waals surface area contributed by atoms with Crippen molar-refractivity contribution in [3.63, 3.8) is 0 Å². The number of rotatable bonds is 1. The summed E-state index contributed by atoms with van der Waals surface area (Å²) in [5.74, 6) is 0. The van der Waals surface area contributed by atoms with Crippen LogP contribution in [0.3, 0.4) is 0 Å². The van der Waals surface area contributed by atoms with Crippen molar-refractivity contribution in [2.75, 3.05) is 0 Å². The Bertz CT molecular complexity index is 265. The Morgan fingerprint density at radius 1 is 1.55 bits per heavy atom. The molecule has 0 heterocycles. The minimum atomic E-state index is -1.43. The van der Waals surface area contributed by atoms with Gasteiger partial charge in [0, 0.05) is 0 Å². The average molecular weight is 184 g/mol. The quantitative estimate of drug-likeness (QED) is 0.473. The van der Waals surface area contributed by atoms with Crippen LogP contribution < -0.4 is 5.46 Å². The number of aryl methyl sites for hydroxylation is 1. The minimum Gasteiger partial charge on any atom is -0.594 e. The van der Waals surface area contributed by atoms with Gasteiger partial charge in [-0.05, 0) is 19.1 Å². The molecule has 0 amide bonds. The van der Waals surface area contributed by atoms with Gasteiger partial charge in [0.15, 0.2) is 15.6 Å². The Labute approximate surface area is 74.8 Å². The van der Waals surface area contributed by atoms with Gasteiger partial charge in [-0.1, -0.05) is 17.1 Å². The van der Waals surface area contributed by atoms with Gasteiger partial charge in [-0.3, -0.25) is 0 Å². The van der Waals surface area contributed by atoms with Gasteiger partial charge < -0.3 is 4.55 Å². The van der Waals surface area contributed by atoms with Gasteiger partial charge >= 0.3 is 0 Å². The lowest BCUT2D eigenvalue weighted by molar-refractivity contribution is 0.608. The average Bonchev–Trinajstić information content (AvgIpc) is 1.94. The molecule has 0 aliphatic carbocycles. The van der Waals surface area contributed by atoms with Crippen LogP contribution in [-0.2, 0) is 10.4 Å². The van der Waals surface area contributed by atoms with Crippen LogP contribution in [0.25, 0.3) is 0 Å². The van der Waals surface area contributed by atoms with Crippen molar-refractivity contribution >= 4 is 34.4 Å². The van der Waals surface area contributed by atoms with E-state index in [0.717, 1.165) is 5.56 Å². The second-order valence-corrected chi connectivity index (χ2v) is 4.00. The van der Waals surface area contributed by atoms with Crippen LogP contribution in [0.15, 0.2) is 23.1 Å². The van der Waals surface area contributed by atoms with E-state index in [-0.39, 0.29) is 0 Å². The molecule has 1 atom stereocenters. The molecule has 0 fully saturated rings. The third-order valence-corrected chi connectivity index (χ3v) is 2.59. The Hall–Kier alpha value is -0.115. The maximum absolute atomic E-state index is 10.7. The smallest absolute Gasteiger partial charge is 0.181 e. The van der Waals surface area contributed by atoms with Crippen molar-refractivity contribution in [3.05, 3.63) is 23.8 Å². The predicted octanol–water partition coefficient (Wildman–Crippen LogP) is 1.05. The molecular weight excluding hydrogens is 178 g/mol. The van der Waals surface area contributed by atoms with Crippen molar-refractivity contribution in [2.45, 2.75) is 11.8 Å². The van der Waals surface area contributed by atoms with E-state index in [0.29, 0.717) is 10.4 Å². The molecule has 0 N–H and O–H groups in total. The Morgan fingerprint density at radius 2 is 2.18 bits per heavy atom. The molecule has 0 spiro atoms. The van der Waals surface area contributed by atoms with E-state index in [1.54, 1.807) is 18.2 Å². The topological polar surface area (TPSA) is 23.1 Å². The summed E-state index contributed by atoms with van der Waals surface area (Å²) in [5, 5.41) is 0. The number of benzene rings is 1. The molecule has 4 heteroatoms. The first-order valence-electron chi connectivity index (χ1n) is 3.05. The standard InChI is InChI=1S/C7H6BClOS/c1-5-4-6(11(9)10)2-3-7(5)8/h2-4H,1H3. The van der Waals surface area contributed by atoms with Crippen LogP contribution in [0, 0.1) is 6.92 Å². The molecule has 11 heavy (non-hydrogen) atoms. The van der Waals surface area contributed by atoms with Gasteiger partial charge in [0.25, 0.3) is 0 Å². The van der Waals surface area contributed by atoms with Gasteiger partial charge in [-0.25, -0.2) is 0 Å². The van der Waals surface area contributed by atoms with E-state index in [4.69, 9.17) is 18.5 Å². The third-order valence-electron chi connectivity index (χ3n) is 1.43. The highest BCUT2D eigenvalue weighted by atomic mass is 35.7. The fraction of sp³-hybridized carbons (Fsp3) is 0.143.